The highest BCUT2D eigenvalue weighted by atomic mass is 32.1. The Labute approximate surface area is 196 Å². The number of nitrogen functional groups attached to an aromatic ring is 1. The molecule has 0 atom stereocenters. The Bertz CT molecular complexity index is 1210. The second kappa shape index (κ2) is 10.6. The van der Waals surface area contributed by atoms with Gasteiger partial charge in [-0.1, -0.05) is 72.8 Å². The number of carbonyl (C=O) groups is 2. The minimum atomic E-state index is -0.252. The van der Waals surface area contributed by atoms with Gasteiger partial charge in [0.15, 0.2) is 5.13 Å². The fourth-order valence-corrected chi connectivity index (χ4v) is 4.01. The first-order valence-corrected chi connectivity index (χ1v) is 11.4. The second-order valence-corrected chi connectivity index (χ2v) is 8.48. The summed E-state index contributed by atoms with van der Waals surface area (Å²) in [6.07, 6.45) is 0.242. The lowest BCUT2D eigenvalue weighted by Gasteiger charge is -2.22. The lowest BCUT2D eigenvalue weighted by atomic mass is 10.1. The Balaban J connectivity index is 1.43. The Kier molecular flexibility index (Phi) is 7.12. The van der Waals surface area contributed by atoms with Crippen LogP contribution in [0.25, 0.3) is 11.3 Å². The summed E-state index contributed by atoms with van der Waals surface area (Å²) < 4.78 is 0. The molecule has 0 aliphatic carbocycles. The van der Waals surface area contributed by atoms with Crippen LogP contribution in [0.3, 0.4) is 0 Å². The molecule has 3 N–H and O–H groups in total. The third kappa shape index (κ3) is 6.27. The number of nitrogens with one attached hydrogen (secondary N) is 1. The van der Waals surface area contributed by atoms with Gasteiger partial charge in [-0.05, 0) is 23.3 Å². The van der Waals surface area contributed by atoms with Gasteiger partial charge in [-0.2, -0.15) is 0 Å². The Morgan fingerprint density at radius 3 is 2.12 bits per heavy atom. The van der Waals surface area contributed by atoms with Gasteiger partial charge in [0.2, 0.25) is 11.8 Å². The normalized spacial score (nSPS) is 10.5. The van der Waals surface area contributed by atoms with Crippen molar-refractivity contribution >= 4 is 34.0 Å². The van der Waals surface area contributed by atoms with Crippen LogP contribution in [0.5, 0.6) is 0 Å². The molecule has 4 aromatic rings. The average molecular weight is 457 g/mol. The van der Waals surface area contributed by atoms with Crippen LogP contribution in [0.15, 0.2) is 90.3 Å². The molecule has 166 valence electrons. The summed E-state index contributed by atoms with van der Waals surface area (Å²) in [6.45, 7) is 0.328. The van der Waals surface area contributed by atoms with E-state index in [-0.39, 0.29) is 24.8 Å². The fraction of sp³-hybridized carbons (Fsp3) is 0.115. The highest BCUT2D eigenvalue weighted by molar-refractivity contribution is 7.13. The molecule has 7 heteroatoms. The van der Waals surface area contributed by atoms with Gasteiger partial charge in [0.1, 0.15) is 6.54 Å². The number of carbonyl (C=O) groups excluding carboxylic acids is 2. The van der Waals surface area contributed by atoms with Gasteiger partial charge in [0.25, 0.3) is 0 Å². The number of nitrogens with two attached hydrogens (primary N) is 1. The van der Waals surface area contributed by atoms with Gasteiger partial charge in [-0.25, -0.2) is 4.98 Å². The lowest BCUT2D eigenvalue weighted by Crippen LogP contribution is -2.38. The lowest BCUT2D eigenvalue weighted by molar-refractivity contribution is -0.134. The third-order valence-electron chi connectivity index (χ3n) is 5.09. The van der Waals surface area contributed by atoms with E-state index < -0.39 is 0 Å². The summed E-state index contributed by atoms with van der Waals surface area (Å²) in [4.78, 5) is 31.7. The van der Waals surface area contributed by atoms with E-state index in [2.05, 4.69) is 10.3 Å². The molecule has 0 aliphatic rings. The van der Waals surface area contributed by atoms with Crippen LogP contribution >= 0.6 is 11.3 Å². The minimum absolute atomic E-state index is 0.0368. The van der Waals surface area contributed by atoms with Gasteiger partial charge < -0.3 is 16.0 Å². The quantitative estimate of drug-likeness (QED) is 0.406. The maximum Gasteiger partial charge on any atom is 0.244 e. The van der Waals surface area contributed by atoms with Crippen LogP contribution in [0.1, 0.15) is 11.1 Å². The van der Waals surface area contributed by atoms with E-state index in [0.717, 1.165) is 22.4 Å². The van der Waals surface area contributed by atoms with Crippen molar-refractivity contribution in [3.63, 3.8) is 0 Å². The van der Waals surface area contributed by atoms with Crippen molar-refractivity contribution in [3.8, 4) is 11.3 Å². The molecule has 0 aliphatic heterocycles. The van der Waals surface area contributed by atoms with Crippen molar-refractivity contribution in [2.24, 2.45) is 0 Å². The maximum absolute atomic E-state index is 13.0. The molecule has 33 heavy (non-hydrogen) atoms. The number of nitrogens with zero attached hydrogens (tertiary/aromatic N) is 2. The summed E-state index contributed by atoms with van der Waals surface area (Å²) in [5, 5.41) is 5.29. The van der Waals surface area contributed by atoms with Crippen molar-refractivity contribution in [2.45, 2.75) is 13.0 Å². The van der Waals surface area contributed by atoms with Crippen LogP contribution < -0.4 is 11.1 Å². The summed E-state index contributed by atoms with van der Waals surface area (Å²) >= 11 is 1.38. The number of aromatic nitrogens is 1. The number of anilines is 2. The standard InChI is InChI=1S/C26H24N4O2S/c27-26-29-23(18-33-26)21-11-13-22(14-12-21)28-24(31)17-30(16-20-9-5-2-6-10-20)25(32)15-19-7-3-1-4-8-19/h1-14,18H,15-17H2,(H2,27,29)(H,28,31). The van der Waals surface area contributed by atoms with Crippen molar-refractivity contribution < 1.29 is 9.59 Å². The number of hydrogen-bond acceptors (Lipinski definition) is 5. The molecule has 0 saturated carbocycles. The first-order chi connectivity index (χ1) is 16.1. The van der Waals surface area contributed by atoms with E-state index in [9.17, 15) is 9.59 Å². The zero-order valence-electron chi connectivity index (χ0n) is 18.0. The Morgan fingerprint density at radius 1 is 0.879 bits per heavy atom. The number of amides is 2. The molecule has 6 nitrogen and oxygen atoms in total. The predicted octanol–water partition coefficient (Wildman–Crippen LogP) is 4.60. The molecule has 0 saturated heterocycles. The van der Waals surface area contributed by atoms with Gasteiger partial charge in [0, 0.05) is 23.2 Å². The van der Waals surface area contributed by atoms with Gasteiger partial charge in [0.05, 0.1) is 12.1 Å². The fourth-order valence-electron chi connectivity index (χ4n) is 3.44. The van der Waals surface area contributed by atoms with E-state index in [0.29, 0.717) is 17.4 Å². The van der Waals surface area contributed by atoms with Gasteiger partial charge >= 0.3 is 0 Å². The van der Waals surface area contributed by atoms with E-state index in [1.54, 1.807) is 4.90 Å². The molecule has 2 amide bonds. The summed E-state index contributed by atoms with van der Waals surface area (Å²) in [5.41, 5.74) is 9.97. The van der Waals surface area contributed by atoms with E-state index in [1.807, 2.05) is 90.3 Å². The molecule has 0 radical (unpaired) electrons. The molecule has 0 fully saturated rings. The van der Waals surface area contributed by atoms with Crippen LogP contribution in [0.4, 0.5) is 10.8 Å². The van der Waals surface area contributed by atoms with Crippen LogP contribution in [-0.2, 0) is 22.6 Å². The molecular formula is C26H24N4O2S. The first kappa shape index (κ1) is 22.2. The molecule has 4 rings (SSSR count). The average Bonchev–Trinajstić information content (AvgIpc) is 3.26. The van der Waals surface area contributed by atoms with Gasteiger partial charge in [-0.3, -0.25) is 9.59 Å². The molecule has 1 aromatic heterocycles. The molecule has 1 heterocycles. The predicted molar refractivity (Wildman–Crippen MR) is 133 cm³/mol. The second-order valence-electron chi connectivity index (χ2n) is 7.59. The SMILES string of the molecule is Nc1nc(-c2ccc(NC(=O)CN(Cc3ccccc3)C(=O)Cc3ccccc3)cc2)cs1. The minimum Gasteiger partial charge on any atom is -0.375 e. The molecular weight excluding hydrogens is 432 g/mol. The number of benzene rings is 3. The van der Waals surface area contributed by atoms with Crippen molar-refractivity contribution in [3.05, 3.63) is 101 Å². The number of thiazole rings is 1. The zero-order valence-corrected chi connectivity index (χ0v) is 18.8. The topological polar surface area (TPSA) is 88.3 Å². The highest BCUT2D eigenvalue weighted by Gasteiger charge is 2.18. The molecule has 0 spiro atoms. The summed E-state index contributed by atoms with van der Waals surface area (Å²) in [6, 6.07) is 26.6. The third-order valence-corrected chi connectivity index (χ3v) is 5.76. The monoisotopic (exact) mass is 456 g/mol. The first-order valence-electron chi connectivity index (χ1n) is 10.5. The van der Waals surface area contributed by atoms with Crippen LogP contribution in [0, 0.1) is 0 Å². The Morgan fingerprint density at radius 2 is 1.52 bits per heavy atom. The highest BCUT2D eigenvalue weighted by Crippen LogP contribution is 2.24. The summed E-state index contributed by atoms with van der Waals surface area (Å²) in [5.74, 6) is -0.352. The number of hydrogen-bond donors (Lipinski definition) is 2. The van der Waals surface area contributed by atoms with Crippen molar-refractivity contribution in [1.82, 2.24) is 9.88 Å². The van der Waals surface area contributed by atoms with Crippen molar-refractivity contribution in [1.29, 1.82) is 0 Å². The molecule has 0 bridgehead atoms. The van der Waals surface area contributed by atoms with E-state index in [1.165, 1.54) is 11.3 Å². The summed E-state index contributed by atoms with van der Waals surface area (Å²) in [7, 11) is 0. The smallest absolute Gasteiger partial charge is 0.244 e. The van der Waals surface area contributed by atoms with Gasteiger partial charge in [-0.15, -0.1) is 11.3 Å². The van der Waals surface area contributed by atoms with Crippen LogP contribution in [-0.4, -0.2) is 28.2 Å². The largest absolute Gasteiger partial charge is 0.375 e. The Hall–Kier alpha value is -3.97. The molecule has 0 unspecified atom stereocenters. The van der Waals surface area contributed by atoms with E-state index in [4.69, 9.17) is 5.73 Å². The zero-order chi connectivity index (χ0) is 23.0. The van der Waals surface area contributed by atoms with Crippen LogP contribution in [0.2, 0.25) is 0 Å². The van der Waals surface area contributed by atoms with Crippen molar-refractivity contribution in [2.75, 3.05) is 17.6 Å². The van der Waals surface area contributed by atoms with E-state index >= 15 is 0 Å². The maximum atomic E-state index is 13.0. The number of rotatable bonds is 8. The molecule has 3 aromatic carbocycles.